The van der Waals surface area contributed by atoms with Crippen molar-refractivity contribution in [1.29, 1.82) is 0 Å². The number of nitrogens with one attached hydrogen (secondary N) is 1. The van der Waals surface area contributed by atoms with E-state index in [9.17, 15) is 25.2 Å². The summed E-state index contributed by atoms with van der Waals surface area (Å²) in [6, 6.07) is -0.295. The largest absolute Gasteiger partial charge is 0.477 e. The minimum atomic E-state index is -1.95. The van der Waals surface area contributed by atoms with E-state index in [1.165, 1.54) is 6.42 Å². The number of carboxylic acid groups (broad SMARTS) is 1. The van der Waals surface area contributed by atoms with Crippen LogP contribution in [0.4, 0.5) is 0 Å². The molecule has 3 rings (SSSR count). The zero-order valence-electron chi connectivity index (χ0n) is 12.9. The highest BCUT2D eigenvalue weighted by atomic mass is 16.8. The molecule has 1 unspecified atom stereocenters. The first kappa shape index (κ1) is 17.1. The number of hydrogen-bond donors (Lipinski definition) is 5. The number of rotatable bonds is 5. The predicted octanol–water partition coefficient (Wildman–Crippen LogP) is -1.04. The quantitative estimate of drug-likeness (QED) is 0.432. The Balaban J connectivity index is 1.79. The summed E-state index contributed by atoms with van der Waals surface area (Å²) in [7, 11) is 0. The number of aliphatic hydroxyl groups excluding tert-OH is 3. The molecular weight excluding hydrogens is 306 g/mol. The number of aliphatic hydroxyl groups is 3. The summed E-state index contributed by atoms with van der Waals surface area (Å²) in [6.07, 6.45) is 1.18. The summed E-state index contributed by atoms with van der Waals surface area (Å²) in [4.78, 5) is 11.5. The molecule has 0 aromatic heterocycles. The highest BCUT2D eigenvalue weighted by Crippen LogP contribution is 2.42. The maximum Gasteiger partial charge on any atom is 0.364 e. The van der Waals surface area contributed by atoms with Crippen LogP contribution in [-0.4, -0.2) is 75.3 Å². The lowest BCUT2D eigenvalue weighted by molar-refractivity contribution is -0.234. The average molecular weight is 331 g/mol. The smallest absolute Gasteiger partial charge is 0.364 e. The average Bonchev–Trinajstić information content (AvgIpc) is 2.88. The van der Waals surface area contributed by atoms with Crippen molar-refractivity contribution in [1.82, 2.24) is 5.32 Å². The van der Waals surface area contributed by atoms with Crippen molar-refractivity contribution >= 4 is 5.97 Å². The molecule has 1 aliphatic carbocycles. The number of ether oxygens (including phenoxy) is 2. The lowest BCUT2D eigenvalue weighted by atomic mass is 9.88. The summed E-state index contributed by atoms with van der Waals surface area (Å²) in [5, 5.41) is 42.3. The molecule has 0 spiro atoms. The number of hydrogen-bond acceptors (Lipinski definition) is 7. The third-order valence-electron chi connectivity index (χ3n) is 5.15. The van der Waals surface area contributed by atoms with E-state index in [0.717, 1.165) is 25.7 Å². The van der Waals surface area contributed by atoms with Gasteiger partial charge in [0.2, 0.25) is 0 Å². The molecule has 2 bridgehead atoms. The molecule has 3 aliphatic rings. The lowest BCUT2D eigenvalue weighted by Gasteiger charge is -2.40. The first-order chi connectivity index (χ1) is 11.0. The summed E-state index contributed by atoms with van der Waals surface area (Å²) in [6.45, 7) is -0.563. The van der Waals surface area contributed by atoms with E-state index in [2.05, 4.69) is 5.32 Å². The Morgan fingerprint density at radius 1 is 1.26 bits per heavy atom. The van der Waals surface area contributed by atoms with Gasteiger partial charge in [0.1, 0.15) is 18.3 Å². The molecule has 0 radical (unpaired) electrons. The highest BCUT2D eigenvalue weighted by Gasteiger charge is 2.63. The Bertz CT molecular complexity index is 442. The van der Waals surface area contributed by atoms with Gasteiger partial charge in [0.25, 0.3) is 5.79 Å². The Morgan fingerprint density at radius 3 is 2.57 bits per heavy atom. The van der Waals surface area contributed by atoms with E-state index in [1.807, 2.05) is 0 Å². The van der Waals surface area contributed by atoms with Crippen LogP contribution in [0.5, 0.6) is 0 Å². The molecule has 3 fully saturated rings. The van der Waals surface area contributed by atoms with Crippen molar-refractivity contribution in [3.63, 3.8) is 0 Å². The van der Waals surface area contributed by atoms with E-state index >= 15 is 0 Å². The van der Waals surface area contributed by atoms with Gasteiger partial charge in [-0.2, -0.15) is 0 Å². The van der Waals surface area contributed by atoms with Crippen molar-refractivity contribution in [3.05, 3.63) is 0 Å². The van der Waals surface area contributed by atoms with E-state index in [0.29, 0.717) is 0 Å². The van der Waals surface area contributed by atoms with Crippen molar-refractivity contribution in [2.75, 3.05) is 6.61 Å². The second-order valence-corrected chi connectivity index (χ2v) is 6.77. The molecule has 0 amide bonds. The number of carbonyl (C=O) groups is 1. The van der Waals surface area contributed by atoms with Gasteiger partial charge in [-0.15, -0.1) is 0 Å². The first-order valence-corrected chi connectivity index (χ1v) is 8.29. The van der Waals surface area contributed by atoms with Gasteiger partial charge >= 0.3 is 5.97 Å². The van der Waals surface area contributed by atoms with Crippen molar-refractivity contribution in [2.45, 2.75) is 80.8 Å². The monoisotopic (exact) mass is 331 g/mol. The van der Waals surface area contributed by atoms with Crippen LogP contribution >= 0.6 is 0 Å². The molecule has 8 heteroatoms. The fourth-order valence-electron chi connectivity index (χ4n) is 3.93. The standard InChI is InChI=1S/C15H25NO7/c17-7-10(19)12-13-11(16-8-4-2-1-3-5-8)9(18)6-15(22-12,23-13)14(20)21/h8-13,16-19H,1-7H2,(H,20,21)/t9-,10-,11-,12-,13?,15-/m1/s1. The molecule has 23 heavy (non-hydrogen) atoms. The van der Waals surface area contributed by atoms with Crippen LogP contribution in [0.1, 0.15) is 38.5 Å². The molecule has 2 aliphatic heterocycles. The molecule has 5 N–H and O–H groups in total. The topological polar surface area (TPSA) is 128 Å². The van der Waals surface area contributed by atoms with Gasteiger partial charge in [0, 0.05) is 12.5 Å². The highest BCUT2D eigenvalue weighted by molar-refractivity contribution is 5.76. The third-order valence-corrected chi connectivity index (χ3v) is 5.15. The summed E-state index contributed by atoms with van der Waals surface area (Å²) in [5.74, 6) is -3.28. The molecule has 6 atom stereocenters. The first-order valence-electron chi connectivity index (χ1n) is 8.29. The number of carboxylic acids is 1. The zero-order valence-corrected chi connectivity index (χ0v) is 12.9. The van der Waals surface area contributed by atoms with Crippen LogP contribution in [0.15, 0.2) is 0 Å². The number of fused-ring (bicyclic) bond motifs is 2. The fourth-order valence-corrected chi connectivity index (χ4v) is 3.93. The summed E-state index contributed by atoms with van der Waals surface area (Å²) >= 11 is 0. The van der Waals surface area contributed by atoms with Crippen LogP contribution in [0, 0.1) is 0 Å². The third kappa shape index (κ3) is 3.11. The SMILES string of the molecule is O=C(O)[C@@]12C[C@@H](O)[C@@H](NC3CCCCC3)C(O1)[C@@H]([C@H](O)CO)O2. The molecule has 8 nitrogen and oxygen atoms in total. The Hall–Kier alpha value is -0.770. The van der Waals surface area contributed by atoms with Gasteiger partial charge in [-0.1, -0.05) is 19.3 Å². The van der Waals surface area contributed by atoms with Crippen LogP contribution in [0.25, 0.3) is 0 Å². The Labute approximate surface area is 134 Å². The second-order valence-electron chi connectivity index (χ2n) is 6.77. The van der Waals surface area contributed by atoms with Crippen LogP contribution in [0.3, 0.4) is 0 Å². The number of aliphatic carboxylic acids is 1. The molecule has 0 aromatic carbocycles. The van der Waals surface area contributed by atoms with Crippen molar-refractivity contribution in [2.24, 2.45) is 0 Å². The molecule has 2 saturated heterocycles. The Kier molecular flexibility index (Phi) is 4.91. The summed E-state index contributed by atoms with van der Waals surface area (Å²) in [5.41, 5.74) is 0. The van der Waals surface area contributed by atoms with E-state index in [1.54, 1.807) is 0 Å². The molecule has 1 saturated carbocycles. The maximum atomic E-state index is 11.5. The molecular formula is C15H25NO7. The fraction of sp³-hybridized carbons (Fsp3) is 0.933. The van der Waals surface area contributed by atoms with Gasteiger partial charge in [-0.05, 0) is 12.8 Å². The second kappa shape index (κ2) is 6.62. The van der Waals surface area contributed by atoms with Gasteiger partial charge < -0.3 is 35.2 Å². The van der Waals surface area contributed by atoms with Crippen LogP contribution in [-0.2, 0) is 14.3 Å². The zero-order chi connectivity index (χ0) is 16.6. The van der Waals surface area contributed by atoms with Gasteiger partial charge in [0.15, 0.2) is 0 Å². The van der Waals surface area contributed by atoms with Crippen molar-refractivity contribution < 1.29 is 34.7 Å². The van der Waals surface area contributed by atoms with E-state index < -0.39 is 48.8 Å². The van der Waals surface area contributed by atoms with Gasteiger partial charge in [-0.25, -0.2) is 4.79 Å². The van der Waals surface area contributed by atoms with Gasteiger partial charge in [-0.3, -0.25) is 0 Å². The molecule has 2 heterocycles. The maximum absolute atomic E-state index is 11.5. The van der Waals surface area contributed by atoms with Crippen molar-refractivity contribution in [3.8, 4) is 0 Å². The van der Waals surface area contributed by atoms with E-state index in [-0.39, 0.29) is 12.5 Å². The summed E-state index contributed by atoms with van der Waals surface area (Å²) < 4.78 is 11.0. The van der Waals surface area contributed by atoms with Crippen LogP contribution < -0.4 is 5.32 Å². The van der Waals surface area contributed by atoms with Crippen LogP contribution in [0.2, 0.25) is 0 Å². The van der Waals surface area contributed by atoms with Gasteiger partial charge in [0.05, 0.1) is 18.8 Å². The minimum Gasteiger partial charge on any atom is -0.477 e. The molecule has 132 valence electrons. The minimum absolute atomic E-state index is 0.210. The lowest BCUT2D eigenvalue weighted by Crippen LogP contribution is -2.61. The molecule has 0 aromatic rings. The normalized spacial score (nSPS) is 42.6. The van der Waals surface area contributed by atoms with E-state index in [4.69, 9.17) is 9.47 Å². The Morgan fingerprint density at radius 2 is 1.96 bits per heavy atom. The predicted molar refractivity (Wildman–Crippen MR) is 77.6 cm³/mol.